The highest BCUT2D eigenvalue weighted by Gasteiger charge is 2.01. The molecule has 0 saturated heterocycles. The van der Waals surface area contributed by atoms with E-state index in [9.17, 15) is 0 Å². The predicted octanol–water partition coefficient (Wildman–Crippen LogP) is 1.58. The van der Waals surface area contributed by atoms with Gasteiger partial charge in [-0.15, -0.1) is 9.90 Å². The number of nitrogens with zero attached hydrogens (tertiary/aromatic N) is 3. The van der Waals surface area contributed by atoms with Crippen molar-refractivity contribution in [1.82, 2.24) is 15.0 Å². The third-order valence-electron chi connectivity index (χ3n) is 1.94. The molecule has 0 bridgehead atoms. The minimum atomic E-state index is 0.519. The summed E-state index contributed by atoms with van der Waals surface area (Å²) in [4.78, 5) is 1.54. The third kappa shape index (κ3) is 1.59. The molecule has 0 radical (unpaired) electrons. The molecule has 4 heteroatoms. The number of hydrogen-bond donors (Lipinski definition) is 0. The van der Waals surface area contributed by atoms with Crippen molar-refractivity contribution in [2.75, 3.05) is 7.11 Å². The molecule has 0 aliphatic heterocycles. The molecule has 1 aromatic heterocycles. The van der Waals surface area contributed by atoms with Gasteiger partial charge >= 0.3 is 0 Å². The van der Waals surface area contributed by atoms with Gasteiger partial charge < -0.3 is 4.74 Å². The third-order valence-corrected chi connectivity index (χ3v) is 1.94. The van der Waals surface area contributed by atoms with Gasteiger partial charge in [0.2, 0.25) is 0 Å². The molecular formula is C10H11N3O. The second-order valence-corrected chi connectivity index (χ2v) is 3.01. The van der Waals surface area contributed by atoms with Gasteiger partial charge in [0.05, 0.1) is 12.8 Å². The predicted molar refractivity (Wildman–Crippen MR) is 52.6 cm³/mol. The number of methoxy groups -OCH3 is 1. The van der Waals surface area contributed by atoms with Crippen LogP contribution in [0.3, 0.4) is 0 Å². The fourth-order valence-electron chi connectivity index (χ4n) is 1.15. The summed E-state index contributed by atoms with van der Waals surface area (Å²) in [5, 5.41) is 8.18. The number of benzene rings is 1. The standard InChI is InChI=1S/C10H11N3O/c1-8-3-5-9(6-4-8)13-11-7-10(12-13)14-2/h3-7H,1-2H3. The van der Waals surface area contributed by atoms with Crippen LogP contribution >= 0.6 is 0 Å². The molecule has 72 valence electrons. The van der Waals surface area contributed by atoms with Gasteiger partial charge in [0.25, 0.3) is 5.88 Å². The number of hydrogen-bond acceptors (Lipinski definition) is 3. The minimum Gasteiger partial charge on any atom is -0.479 e. The number of aromatic nitrogens is 3. The van der Waals surface area contributed by atoms with Crippen LogP contribution in [0.4, 0.5) is 0 Å². The zero-order valence-electron chi connectivity index (χ0n) is 8.14. The van der Waals surface area contributed by atoms with Gasteiger partial charge in [-0.2, -0.15) is 5.10 Å². The minimum absolute atomic E-state index is 0.519. The first-order valence-corrected chi connectivity index (χ1v) is 4.33. The molecule has 0 N–H and O–H groups in total. The average Bonchev–Trinajstić information content (AvgIpc) is 2.67. The summed E-state index contributed by atoms with van der Waals surface area (Å²) in [6, 6.07) is 7.97. The Labute approximate surface area is 82.1 Å². The van der Waals surface area contributed by atoms with Gasteiger partial charge in [-0.3, -0.25) is 0 Å². The Morgan fingerprint density at radius 1 is 1.21 bits per heavy atom. The Bertz CT molecular complexity index is 419. The number of ether oxygens (including phenoxy) is 1. The van der Waals surface area contributed by atoms with E-state index in [2.05, 4.69) is 10.2 Å². The van der Waals surface area contributed by atoms with Gasteiger partial charge in [-0.05, 0) is 19.1 Å². The maximum Gasteiger partial charge on any atom is 0.253 e. The number of rotatable bonds is 2. The van der Waals surface area contributed by atoms with Crippen LogP contribution in [-0.4, -0.2) is 22.1 Å². The summed E-state index contributed by atoms with van der Waals surface area (Å²) in [5.74, 6) is 0.519. The lowest BCUT2D eigenvalue weighted by molar-refractivity contribution is 0.394. The molecule has 0 aliphatic carbocycles. The van der Waals surface area contributed by atoms with E-state index in [-0.39, 0.29) is 0 Å². The van der Waals surface area contributed by atoms with Gasteiger partial charge in [0, 0.05) is 0 Å². The van der Waals surface area contributed by atoms with E-state index in [0.717, 1.165) is 5.69 Å². The molecule has 0 spiro atoms. The summed E-state index contributed by atoms with van der Waals surface area (Å²) >= 11 is 0. The van der Waals surface area contributed by atoms with Crippen LogP contribution in [0.1, 0.15) is 5.56 Å². The van der Waals surface area contributed by atoms with Crippen LogP contribution in [0.15, 0.2) is 30.5 Å². The van der Waals surface area contributed by atoms with Crippen molar-refractivity contribution in [2.24, 2.45) is 0 Å². The van der Waals surface area contributed by atoms with E-state index in [1.54, 1.807) is 13.3 Å². The highest BCUT2D eigenvalue weighted by atomic mass is 16.5. The Kier molecular flexibility index (Phi) is 2.18. The van der Waals surface area contributed by atoms with Crippen LogP contribution in [-0.2, 0) is 0 Å². The molecule has 0 fully saturated rings. The molecule has 0 aliphatic rings. The van der Waals surface area contributed by atoms with Crippen molar-refractivity contribution < 1.29 is 4.74 Å². The van der Waals surface area contributed by atoms with E-state index < -0.39 is 0 Å². The lowest BCUT2D eigenvalue weighted by atomic mass is 10.2. The SMILES string of the molecule is COc1cnn(-c2ccc(C)cc2)n1. The Hall–Kier alpha value is -1.84. The monoisotopic (exact) mass is 189 g/mol. The zero-order chi connectivity index (χ0) is 9.97. The molecule has 2 rings (SSSR count). The summed E-state index contributed by atoms with van der Waals surface area (Å²) in [6.07, 6.45) is 1.58. The van der Waals surface area contributed by atoms with Crippen molar-refractivity contribution in [3.63, 3.8) is 0 Å². The highest BCUT2D eigenvalue weighted by Crippen LogP contribution is 2.09. The summed E-state index contributed by atoms with van der Waals surface area (Å²) in [6.45, 7) is 2.04. The first-order valence-electron chi connectivity index (χ1n) is 4.33. The first kappa shape index (κ1) is 8.74. The van der Waals surface area contributed by atoms with Gasteiger partial charge in [0.15, 0.2) is 0 Å². The van der Waals surface area contributed by atoms with Gasteiger partial charge in [-0.1, -0.05) is 17.7 Å². The van der Waals surface area contributed by atoms with E-state index >= 15 is 0 Å². The Morgan fingerprint density at radius 2 is 1.93 bits per heavy atom. The molecule has 4 nitrogen and oxygen atoms in total. The average molecular weight is 189 g/mol. The van der Waals surface area contributed by atoms with E-state index in [4.69, 9.17) is 4.74 Å². The van der Waals surface area contributed by atoms with E-state index in [0.29, 0.717) is 5.88 Å². The van der Waals surface area contributed by atoms with Crippen molar-refractivity contribution >= 4 is 0 Å². The Morgan fingerprint density at radius 3 is 2.50 bits per heavy atom. The van der Waals surface area contributed by atoms with E-state index in [1.165, 1.54) is 10.4 Å². The van der Waals surface area contributed by atoms with Crippen LogP contribution in [0.25, 0.3) is 5.69 Å². The molecule has 1 heterocycles. The topological polar surface area (TPSA) is 39.9 Å². The highest BCUT2D eigenvalue weighted by molar-refractivity contribution is 5.32. The number of aryl methyl sites for hydroxylation is 1. The molecule has 1 aromatic carbocycles. The van der Waals surface area contributed by atoms with E-state index in [1.807, 2.05) is 31.2 Å². The molecule has 14 heavy (non-hydrogen) atoms. The second kappa shape index (κ2) is 3.49. The molecule has 2 aromatic rings. The van der Waals surface area contributed by atoms with Crippen LogP contribution in [0, 0.1) is 6.92 Å². The summed E-state index contributed by atoms with van der Waals surface area (Å²) in [7, 11) is 1.57. The van der Waals surface area contributed by atoms with Crippen molar-refractivity contribution in [3.05, 3.63) is 36.0 Å². The molecule has 0 saturated carbocycles. The quantitative estimate of drug-likeness (QED) is 0.720. The van der Waals surface area contributed by atoms with Crippen LogP contribution < -0.4 is 4.74 Å². The van der Waals surface area contributed by atoms with Gasteiger partial charge in [-0.25, -0.2) is 0 Å². The van der Waals surface area contributed by atoms with Crippen molar-refractivity contribution in [3.8, 4) is 11.6 Å². The maximum absolute atomic E-state index is 4.95. The lowest BCUT2D eigenvalue weighted by Gasteiger charge is -1.98. The molecular weight excluding hydrogens is 178 g/mol. The summed E-state index contributed by atoms with van der Waals surface area (Å²) in [5.41, 5.74) is 2.15. The smallest absolute Gasteiger partial charge is 0.253 e. The first-order chi connectivity index (χ1) is 6.79. The lowest BCUT2D eigenvalue weighted by Crippen LogP contribution is -1.98. The fraction of sp³-hybridized carbons (Fsp3) is 0.200. The van der Waals surface area contributed by atoms with Gasteiger partial charge in [0.1, 0.15) is 6.20 Å². The van der Waals surface area contributed by atoms with Crippen LogP contribution in [0.2, 0.25) is 0 Å². The Balaban J connectivity index is 2.34. The molecule has 0 unspecified atom stereocenters. The summed E-state index contributed by atoms with van der Waals surface area (Å²) < 4.78 is 4.95. The maximum atomic E-state index is 4.95. The molecule has 0 amide bonds. The fourth-order valence-corrected chi connectivity index (χ4v) is 1.15. The van der Waals surface area contributed by atoms with Crippen molar-refractivity contribution in [1.29, 1.82) is 0 Å². The zero-order valence-corrected chi connectivity index (χ0v) is 8.14. The molecule has 0 atom stereocenters. The largest absolute Gasteiger partial charge is 0.479 e. The van der Waals surface area contributed by atoms with Crippen LogP contribution in [0.5, 0.6) is 5.88 Å². The van der Waals surface area contributed by atoms with Crippen molar-refractivity contribution in [2.45, 2.75) is 6.92 Å². The second-order valence-electron chi connectivity index (χ2n) is 3.01. The normalized spacial score (nSPS) is 10.1.